The highest BCUT2D eigenvalue weighted by molar-refractivity contribution is 7.99. The maximum absolute atomic E-state index is 13.2. The van der Waals surface area contributed by atoms with Gasteiger partial charge in [0.25, 0.3) is 0 Å². The number of ether oxygens (including phenoxy) is 5. The van der Waals surface area contributed by atoms with Crippen LogP contribution in [0.15, 0.2) is 29.2 Å². The number of thioether (sulfide) groups is 1. The second-order valence-corrected chi connectivity index (χ2v) is 13.9. The molecule has 9 nitrogen and oxygen atoms in total. The van der Waals surface area contributed by atoms with Gasteiger partial charge in [0.2, 0.25) is 0 Å². The topological polar surface area (TPSA) is 114 Å². The lowest BCUT2D eigenvalue weighted by Gasteiger charge is -2.45. The van der Waals surface area contributed by atoms with Gasteiger partial charge in [-0.05, 0) is 81.4 Å². The molecule has 1 aliphatic rings. The molecule has 0 radical (unpaired) electrons. The van der Waals surface area contributed by atoms with Crippen LogP contribution in [0, 0.1) is 23.2 Å². The van der Waals surface area contributed by atoms with E-state index in [9.17, 15) is 19.2 Å². The molecule has 0 aliphatic carbocycles. The molecular weight excluding hydrogens is 524 g/mol. The number of rotatable bonds is 6. The molecule has 0 spiro atoms. The fraction of sp³-hybridized carbons (Fsp3) is 0.655. The van der Waals surface area contributed by atoms with Crippen molar-refractivity contribution in [1.82, 2.24) is 0 Å². The summed E-state index contributed by atoms with van der Waals surface area (Å²) in [6, 6.07) is 7.54. The SMILES string of the molecule is COC(=O)[C@H]1O[C@@H](Sc2ccc(C)cc2)[C@H](OC(=O)C(C)(C)C)[C@@H](OC(=O)C(C)(C)C)[C@@H]1OC(=O)C(C)(C)C. The predicted octanol–water partition coefficient (Wildman–Crippen LogP) is 4.86. The van der Waals surface area contributed by atoms with E-state index in [0.29, 0.717) is 0 Å². The molecule has 0 saturated carbocycles. The number of aryl methyl sites for hydroxylation is 1. The number of carbonyl (C=O) groups is 4. The van der Waals surface area contributed by atoms with Crippen molar-refractivity contribution in [2.24, 2.45) is 16.2 Å². The van der Waals surface area contributed by atoms with E-state index in [0.717, 1.165) is 10.5 Å². The van der Waals surface area contributed by atoms with Gasteiger partial charge in [-0.15, -0.1) is 0 Å². The van der Waals surface area contributed by atoms with E-state index in [-0.39, 0.29) is 0 Å². The minimum atomic E-state index is -1.45. The van der Waals surface area contributed by atoms with Gasteiger partial charge in [-0.3, -0.25) is 14.4 Å². The van der Waals surface area contributed by atoms with Gasteiger partial charge in [0, 0.05) is 4.90 Å². The molecule has 2 rings (SSSR count). The van der Waals surface area contributed by atoms with Crippen LogP contribution in [0.4, 0.5) is 0 Å². The van der Waals surface area contributed by atoms with Crippen molar-refractivity contribution in [2.45, 2.75) is 104 Å². The monoisotopic (exact) mass is 566 g/mol. The van der Waals surface area contributed by atoms with Crippen LogP contribution < -0.4 is 0 Å². The Balaban J connectivity index is 2.69. The summed E-state index contributed by atoms with van der Waals surface area (Å²) in [6.07, 6.45) is -5.49. The smallest absolute Gasteiger partial charge is 0.339 e. The lowest BCUT2D eigenvalue weighted by Crippen LogP contribution is -2.63. The summed E-state index contributed by atoms with van der Waals surface area (Å²) in [5, 5.41) is 0. The predicted molar refractivity (Wildman–Crippen MR) is 146 cm³/mol. The molecular formula is C29H42O9S. The van der Waals surface area contributed by atoms with Crippen molar-refractivity contribution >= 4 is 35.6 Å². The van der Waals surface area contributed by atoms with E-state index in [1.165, 1.54) is 18.9 Å². The summed E-state index contributed by atoms with van der Waals surface area (Å²) < 4.78 is 28.8. The van der Waals surface area contributed by atoms with Gasteiger partial charge in [0.1, 0.15) is 5.44 Å². The molecule has 1 heterocycles. The normalized spacial score (nSPS) is 23.9. The van der Waals surface area contributed by atoms with E-state index in [4.69, 9.17) is 23.7 Å². The van der Waals surface area contributed by atoms with Crippen molar-refractivity contribution in [3.8, 4) is 0 Å². The molecule has 1 aromatic rings. The third kappa shape index (κ3) is 8.70. The van der Waals surface area contributed by atoms with Gasteiger partial charge < -0.3 is 23.7 Å². The highest BCUT2D eigenvalue weighted by Gasteiger charge is 2.56. The van der Waals surface area contributed by atoms with Crippen LogP contribution in [0.3, 0.4) is 0 Å². The Morgan fingerprint density at radius 2 is 1.10 bits per heavy atom. The standard InChI is InChI=1S/C29H42O9S/c1-16-12-14-17(15-13-16)39-23-21(38-26(33)29(8,9)10)19(37-25(32)28(5,6)7)18(20(35-23)22(30)34-11)36-24(31)27(2,3)4/h12-15,18-21,23H,1-11H3/t18-,19-,20-,21+,23-/m0/s1. The second-order valence-electron chi connectivity index (χ2n) is 12.7. The summed E-state index contributed by atoms with van der Waals surface area (Å²) in [5.41, 5.74) is -2.78. The molecule has 10 heteroatoms. The van der Waals surface area contributed by atoms with Crippen LogP contribution >= 0.6 is 11.8 Å². The highest BCUT2D eigenvalue weighted by Crippen LogP contribution is 2.40. The molecule has 0 bridgehead atoms. The Morgan fingerprint density at radius 3 is 1.51 bits per heavy atom. The fourth-order valence-corrected chi connectivity index (χ4v) is 4.33. The molecule has 1 fully saturated rings. The summed E-state index contributed by atoms with van der Waals surface area (Å²) in [4.78, 5) is 53.1. The summed E-state index contributed by atoms with van der Waals surface area (Å²) in [7, 11) is 1.18. The first-order valence-electron chi connectivity index (χ1n) is 12.9. The maximum atomic E-state index is 13.2. The number of hydrogen-bond acceptors (Lipinski definition) is 10. The molecule has 0 amide bonds. The molecule has 39 heavy (non-hydrogen) atoms. The average molecular weight is 567 g/mol. The van der Waals surface area contributed by atoms with E-state index < -0.39 is 70.0 Å². The van der Waals surface area contributed by atoms with Crippen LogP contribution in [0.25, 0.3) is 0 Å². The number of hydrogen-bond donors (Lipinski definition) is 0. The number of esters is 4. The summed E-state index contributed by atoms with van der Waals surface area (Å²) >= 11 is 1.19. The van der Waals surface area contributed by atoms with E-state index >= 15 is 0 Å². The van der Waals surface area contributed by atoms with Crippen LogP contribution in [0.2, 0.25) is 0 Å². The molecule has 1 aliphatic heterocycles. The Kier molecular flexibility index (Phi) is 10.3. The minimum Gasteiger partial charge on any atom is -0.467 e. The lowest BCUT2D eigenvalue weighted by molar-refractivity contribution is -0.242. The van der Waals surface area contributed by atoms with Crippen molar-refractivity contribution in [3.63, 3.8) is 0 Å². The van der Waals surface area contributed by atoms with Crippen LogP contribution in [-0.4, -0.2) is 60.8 Å². The Morgan fingerprint density at radius 1 is 0.692 bits per heavy atom. The van der Waals surface area contributed by atoms with Crippen LogP contribution in [-0.2, 0) is 42.9 Å². The van der Waals surface area contributed by atoms with Gasteiger partial charge in [0.15, 0.2) is 24.4 Å². The zero-order valence-corrected chi connectivity index (χ0v) is 25.6. The first-order chi connectivity index (χ1) is 17.8. The third-order valence-corrected chi connectivity index (χ3v) is 6.92. The molecule has 0 unspecified atom stereocenters. The van der Waals surface area contributed by atoms with Gasteiger partial charge >= 0.3 is 23.9 Å². The van der Waals surface area contributed by atoms with Crippen molar-refractivity contribution in [1.29, 1.82) is 0 Å². The Hall–Kier alpha value is -2.59. The number of methoxy groups -OCH3 is 1. The number of carbonyl (C=O) groups excluding carboxylic acids is 4. The zero-order valence-electron chi connectivity index (χ0n) is 24.8. The first-order valence-corrected chi connectivity index (χ1v) is 13.7. The Bertz CT molecular complexity index is 1040. The van der Waals surface area contributed by atoms with E-state index in [2.05, 4.69) is 0 Å². The van der Waals surface area contributed by atoms with Crippen LogP contribution in [0.5, 0.6) is 0 Å². The lowest BCUT2D eigenvalue weighted by atomic mass is 9.93. The third-order valence-electron chi connectivity index (χ3n) is 5.77. The van der Waals surface area contributed by atoms with E-state index in [1.807, 2.05) is 31.2 Å². The molecule has 5 atom stereocenters. The van der Waals surface area contributed by atoms with Gasteiger partial charge in [-0.1, -0.05) is 29.5 Å². The largest absolute Gasteiger partial charge is 0.467 e. The van der Waals surface area contributed by atoms with Crippen molar-refractivity contribution in [2.75, 3.05) is 7.11 Å². The number of benzene rings is 1. The molecule has 218 valence electrons. The van der Waals surface area contributed by atoms with Gasteiger partial charge in [-0.25, -0.2) is 4.79 Å². The average Bonchev–Trinajstić information content (AvgIpc) is 2.80. The molecule has 0 N–H and O–H groups in total. The van der Waals surface area contributed by atoms with Gasteiger partial charge in [0.05, 0.1) is 23.4 Å². The highest BCUT2D eigenvalue weighted by atomic mass is 32.2. The summed E-state index contributed by atoms with van der Waals surface area (Å²) in [6.45, 7) is 16.9. The molecule has 0 aromatic heterocycles. The second kappa shape index (κ2) is 12.3. The molecule has 1 saturated heterocycles. The quantitative estimate of drug-likeness (QED) is 0.349. The minimum absolute atomic E-state index is 0.583. The fourth-order valence-electron chi connectivity index (χ4n) is 3.25. The van der Waals surface area contributed by atoms with Crippen molar-refractivity contribution in [3.05, 3.63) is 29.8 Å². The first kappa shape index (κ1) is 32.6. The van der Waals surface area contributed by atoms with E-state index in [1.54, 1.807) is 62.3 Å². The Labute approximate surface area is 235 Å². The maximum Gasteiger partial charge on any atom is 0.339 e. The van der Waals surface area contributed by atoms with Crippen molar-refractivity contribution < 1.29 is 42.9 Å². The molecule has 1 aromatic carbocycles. The summed E-state index contributed by atoms with van der Waals surface area (Å²) in [5.74, 6) is -2.70. The van der Waals surface area contributed by atoms with Crippen LogP contribution in [0.1, 0.15) is 67.9 Å². The van der Waals surface area contributed by atoms with Gasteiger partial charge in [-0.2, -0.15) is 0 Å². The zero-order chi connectivity index (χ0) is 29.9.